The number of ether oxygens (including phenoxy) is 1. The molecule has 0 N–H and O–H groups in total. The van der Waals surface area contributed by atoms with Crippen molar-refractivity contribution in [2.45, 2.75) is 0 Å². The van der Waals surface area contributed by atoms with Crippen LogP contribution in [0.25, 0.3) is 6.08 Å². The van der Waals surface area contributed by atoms with E-state index in [0.717, 1.165) is 23.0 Å². The molecule has 1 saturated heterocycles. The first-order chi connectivity index (χ1) is 12.0. The van der Waals surface area contributed by atoms with Gasteiger partial charge in [0, 0.05) is 25.8 Å². The van der Waals surface area contributed by atoms with Crippen molar-refractivity contribution in [3.8, 4) is 5.75 Å². The maximum atomic E-state index is 12.7. The molecule has 128 valence electrons. The summed E-state index contributed by atoms with van der Waals surface area (Å²) in [6.45, 7) is 0. The van der Waals surface area contributed by atoms with Crippen LogP contribution in [0.1, 0.15) is 5.56 Å². The summed E-state index contributed by atoms with van der Waals surface area (Å²) < 4.78 is 5.16. The third-order valence-electron chi connectivity index (χ3n) is 3.81. The molecule has 25 heavy (non-hydrogen) atoms. The van der Waals surface area contributed by atoms with E-state index in [9.17, 15) is 9.59 Å². The highest BCUT2D eigenvalue weighted by Gasteiger charge is 2.36. The number of rotatable bonds is 4. The number of carbonyl (C=O) groups excluding carboxylic acids is 2. The van der Waals surface area contributed by atoms with E-state index in [4.69, 9.17) is 4.74 Å². The number of thioether (sulfide) groups is 1. The molecule has 2 amide bonds. The molecule has 2 aromatic rings. The van der Waals surface area contributed by atoms with Crippen LogP contribution in [0.2, 0.25) is 0 Å². The minimum Gasteiger partial charge on any atom is -0.497 e. The summed E-state index contributed by atoms with van der Waals surface area (Å²) in [5.74, 6) is 0.278. The largest absolute Gasteiger partial charge is 0.497 e. The highest BCUT2D eigenvalue weighted by atomic mass is 32.2. The molecule has 1 aliphatic rings. The van der Waals surface area contributed by atoms with Gasteiger partial charge in [-0.25, -0.2) is 4.90 Å². The lowest BCUT2D eigenvalue weighted by molar-refractivity contribution is -0.113. The lowest BCUT2D eigenvalue weighted by Gasteiger charge is -2.13. The Kier molecular flexibility index (Phi) is 4.81. The van der Waals surface area contributed by atoms with Gasteiger partial charge in [-0.3, -0.25) is 9.59 Å². The van der Waals surface area contributed by atoms with Gasteiger partial charge in [-0.1, -0.05) is 18.2 Å². The van der Waals surface area contributed by atoms with Gasteiger partial charge in [0.25, 0.3) is 11.1 Å². The van der Waals surface area contributed by atoms with E-state index in [-0.39, 0.29) is 11.1 Å². The van der Waals surface area contributed by atoms with E-state index in [1.807, 2.05) is 43.3 Å². The molecule has 0 aliphatic carbocycles. The molecule has 0 aromatic heterocycles. The number of hydrogen-bond acceptors (Lipinski definition) is 5. The summed E-state index contributed by atoms with van der Waals surface area (Å²) >= 11 is 0.943. The van der Waals surface area contributed by atoms with Gasteiger partial charge in [-0.2, -0.15) is 0 Å². The van der Waals surface area contributed by atoms with Crippen molar-refractivity contribution in [2.24, 2.45) is 0 Å². The average Bonchev–Trinajstić information content (AvgIpc) is 2.89. The quantitative estimate of drug-likeness (QED) is 0.777. The van der Waals surface area contributed by atoms with Crippen molar-refractivity contribution in [1.82, 2.24) is 0 Å². The van der Waals surface area contributed by atoms with Gasteiger partial charge in [-0.05, 0) is 47.7 Å². The number of anilines is 2. The van der Waals surface area contributed by atoms with Gasteiger partial charge in [0.05, 0.1) is 17.7 Å². The molecule has 0 radical (unpaired) electrons. The number of amides is 2. The molecule has 0 atom stereocenters. The first-order valence-electron chi connectivity index (χ1n) is 7.69. The zero-order valence-electron chi connectivity index (χ0n) is 14.2. The van der Waals surface area contributed by atoms with Gasteiger partial charge >= 0.3 is 0 Å². The molecule has 5 nitrogen and oxygen atoms in total. The number of nitrogens with zero attached hydrogens (tertiary/aromatic N) is 2. The van der Waals surface area contributed by atoms with Crippen molar-refractivity contribution < 1.29 is 14.3 Å². The predicted molar refractivity (Wildman–Crippen MR) is 102 cm³/mol. The van der Waals surface area contributed by atoms with Crippen LogP contribution in [0.4, 0.5) is 16.2 Å². The van der Waals surface area contributed by atoms with Gasteiger partial charge in [0.2, 0.25) is 0 Å². The highest BCUT2D eigenvalue weighted by molar-refractivity contribution is 8.19. The number of benzene rings is 2. The van der Waals surface area contributed by atoms with Crippen molar-refractivity contribution in [3.05, 3.63) is 59.0 Å². The minimum atomic E-state index is -0.320. The standard InChI is InChI=1S/C19H18N2O3S/c1-20(2)14-9-7-13(8-10-14)11-17-18(22)21(19(23)25-17)15-5-4-6-16(12-15)24-3/h4-12H,1-3H3/b17-11-. The maximum absolute atomic E-state index is 12.7. The molecular weight excluding hydrogens is 336 g/mol. The van der Waals surface area contributed by atoms with E-state index >= 15 is 0 Å². The molecular formula is C19H18N2O3S. The van der Waals surface area contributed by atoms with Crippen LogP contribution >= 0.6 is 11.8 Å². The van der Waals surface area contributed by atoms with E-state index in [1.165, 1.54) is 4.90 Å². The average molecular weight is 354 g/mol. The van der Waals surface area contributed by atoms with Crippen LogP contribution in [0.3, 0.4) is 0 Å². The maximum Gasteiger partial charge on any atom is 0.298 e. The van der Waals surface area contributed by atoms with E-state index in [1.54, 1.807) is 37.5 Å². The first kappa shape index (κ1) is 17.1. The van der Waals surface area contributed by atoms with Crippen LogP contribution in [-0.2, 0) is 4.79 Å². The second-order valence-electron chi connectivity index (χ2n) is 5.70. The Morgan fingerprint density at radius 2 is 1.80 bits per heavy atom. The summed E-state index contributed by atoms with van der Waals surface area (Å²) in [6.07, 6.45) is 1.74. The highest BCUT2D eigenvalue weighted by Crippen LogP contribution is 2.36. The number of imide groups is 1. The normalized spacial score (nSPS) is 15.8. The lowest BCUT2D eigenvalue weighted by atomic mass is 10.2. The minimum absolute atomic E-state index is 0.311. The van der Waals surface area contributed by atoms with Crippen LogP contribution in [0.15, 0.2) is 53.4 Å². The van der Waals surface area contributed by atoms with Crippen molar-refractivity contribution in [3.63, 3.8) is 0 Å². The Balaban J connectivity index is 1.87. The zero-order valence-corrected chi connectivity index (χ0v) is 15.0. The SMILES string of the molecule is COc1cccc(N2C(=O)S/C(=C\c3ccc(N(C)C)cc3)C2=O)c1. The third kappa shape index (κ3) is 3.53. The first-order valence-corrected chi connectivity index (χ1v) is 8.50. The fourth-order valence-electron chi connectivity index (χ4n) is 2.46. The molecule has 1 heterocycles. The monoisotopic (exact) mass is 354 g/mol. The molecule has 0 unspecified atom stereocenters. The Bertz CT molecular complexity index is 844. The van der Waals surface area contributed by atoms with Crippen molar-refractivity contribution in [2.75, 3.05) is 31.0 Å². The van der Waals surface area contributed by atoms with E-state index in [0.29, 0.717) is 16.3 Å². The molecule has 0 bridgehead atoms. The smallest absolute Gasteiger partial charge is 0.298 e. The van der Waals surface area contributed by atoms with Gasteiger partial charge < -0.3 is 9.64 Å². The zero-order chi connectivity index (χ0) is 18.0. The van der Waals surface area contributed by atoms with Crippen molar-refractivity contribution in [1.29, 1.82) is 0 Å². The summed E-state index contributed by atoms with van der Waals surface area (Å²) in [5.41, 5.74) is 2.46. The number of carbonyl (C=O) groups is 2. The van der Waals surface area contributed by atoms with Crippen LogP contribution in [0.5, 0.6) is 5.75 Å². The van der Waals surface area contributed by atoms with Gasteiger partial charge in [0.15, 0.2) is 0 Å². The molecule has 3 rings (SSSR count). The fourth-order valence-corrected chi connectivity index (χ4v) is 3.30. The molecule has 0 spiro atoms. The summed E-state index contributed by atoms with van der Waals surface area (Å²) in [4.78, 5) is 28.6. The van der Waals surface area contributed by atoms with Crippen LogP contribution in [-0.4, -0.2) is 32.4 Å². The number of hydrogen-bond donors (Lipinski definition) is 0. The summed E-state index contributed by atoms with van der Waals surface area (Å²) in [5, 5.41) is -0.311. The van der Waals surface area contributed by atoms with E-state index in [2.05, 4.69) is 0 Å². The summed E-state index contributed by atoms with van der Waals surface area (Å²) in [6, 6.07) is 14.7. The summed E-state index contributed by atoms with van der Waals surface area (Å²) in [7, 11) is 5.48. The molecule has 1 aliphatic heterocycles. The van der Waals surface area contributed by atoms with Crippen LogP contribution < -0.4 is 14.5 Å². The molecule has 6 heteroatoms. The molecule has 2 aromatic carbocycles. The predicted octanol–water partition coefficient (Wildman–Crippen LogP) is 4.00. The molecule has 0 saturated carbocycles. The second kappa shape index (κ2) is 7.03. The van der Waals surface area contributed by atoms with Gasteiger partial charge in [-0.15, -0.1) is 0 Å². The Morgan fingerprint density at radius 1 is 1.08 bits per heavy atom. The van der Waals surface area contributed by atoms with Gasteiger partial charge in [0.1, 0.15) is 5.75 Å². The second-order valence-corrected chi connectivity index (χ2v) is 6.70. The fraction of sp³-hybridized carbons (Fsp3) is 0.158. The third-order valence-corrected chi connectivity index (χ3v) is 4.68. The topological polar surface area (TPSA) is 49.9 Å². The Hall–Kier alpha value is -2.73. The lowest BCUT2D eigenvalue weighted by Crippen LogP contribution is -2.27. The van der Waals surface area contributed by atoms with Crippen LogP contribution in [0, 0.1) is 0 Å². The molecule has 1 fully saturated rings. The van der Waals surface area contributed by atoms with Crippen molar-refractivity contribution >= 4 is 40.4 Å². The Labute approximate surface area is 150 Å². The number of methoxy groups -OCH3 is 1. The van der Waals surface area contributed by atoms with E-state index < -0.39 is 0 Å². The Morgan fingerprint density at radius 3 is 2.44 bits per heavy atom.